The van der Waals surface area contributed by atoms with Gasteiger partial charge in [0, 0.05) is 18.4 Å². The second kappa shape index (κ2) is 8.42. The maximum atomic E-state index is 5.63. The quantitative estimate of drug-likeness (QED) is 0.589. The van der Waals surface area contributed by atoms with Gasteiger partial charge in [-0.25, -0.2) is 0 Å². The standard InChI is InChI=1S/C12H18BrNO2/c1-2-15-11-5-3-4-6-12(11)16-10-9-14-8-7-13/h3-6,14H,2,7-10H2,1H3. The zero-order chi connectivity index (χ0) is 11.6. The van der Waals surface area contributed by atoms with Crippen LogP contribution in [0.1, 0.15) is 6.92 Å². The van der Waals surface area contributed by atoms with Crippen LogP contribution in [0.4, 0.5) is 0 Å². The molecule has 0 aliphatic heterocycles. The van der Waals surface area contributed by atoms with Gasteiger partial charge in [0.1, 0.15) is 6.61 Å². The fourth-order valence-corrected chi connectivity index (χ4v) is 1.55. The summed E-state index contributed by atoms with van der Waals surface area (Å²) in [6, 6.07) is 7.74. The van der Waals surface area contributed by atoms with Gasteiger partial charge in [0.2, 0.25) is 0 Å². The summed E-state index contributed by atoms with van der Waals surface area (Å²) in [5.74, 6) is 1.62. The molecule has 0 bridgehead atoms. The first-order chi connectivity index (χ1) is 7.88. The van der Waals surface area contributed by atoms with E-state index in [1.54, 1.807) is 0 Å². The van der Waals surface area contributed by atoms with Crippen molar-refractivity contribution in [3.8, 4) is 11.5 Å². The van der Waals surface area contributed by atoms with Gasteiger partial charge in [-0.1, -0.05) is 28.1 Å². The minimum Gasteiger partial charge on any atom is -0.490 e. The summed E-state index contributed by atoms with van der Waals surface area (Å²) in [5.41, 5.74) is 0. The van der Waals surface area contributed by atoms with Crippen LogP contribution >= 0.6 is 15.9 Å². The summed E-state index contributed by atoms with van der Waals surface area (Å²) >= 11 is 3.36. The summed E-state index contributed by atoms with van der Waals surface area (Å²) in [6.07, 6.45) is 0. The van der Waals surface area contributed by atoms with Crippen molar-refractivity contribution < 1.29 is 9.47 Å². The van der Waals surface area contributed by atoms with Crippen LogP contribution in [0, 0.1) is 0 Å². The summed E-state index contributed by atoms with van der Waals surface area (Å²) in [7, 11) is 0. The highest BCUT2D eigenvalue weighted by atomic mass is 79.9. The van der Waals surface area contributed by atoms with Gasteiger partial charge in [-0.05, 0) is 19.1 Å². The molecule has 0 heterocycles. The van der Waals surface area contributed by atoms with Gasteiger partial charge in [0.05, 0.1) is 6.61 Å². The van der Waals surface area contributed by atoms with Crippen molar-refractivity contribution in [3.63, 3.8) is 0 Å². The minimum absolute atomic E-state index is 0.650. The first-order valence-electron chi connectivity index (χ1n) is 5.49. The molecule has 0 saturated carbocycles. The third-order valence-corrected chi connectivity index (χ3v) is 2.35. The zero-order valence-corrected chi connectivity index (χ0v) is 11.1. The van der Waals surface area contributed by atoms with E-state index in [4.69, 9.17) is 9.47 Å². The molecule has 1 rings (SSSR count). The van der Waals surface area contributed by atoms with E-state index in [1.807, 2.05) is 31.2 Å². The van der Waals surface area contributed by atoms with E-state index in [0.717, 1.165) is 29.9 Å². The Hall–Kier alpha value is -0.740. The summed E-state index contributed by atoms with van der Waals surface area (Å²) in [6.45, 7) is 5.07. The van der Waals surface area contributed by atoms with Gasteiger partial charge >= 0.3 is 0 Å². The molecule has 16 heavy (non-hydrogen) atoms. The molecule has 0 aliphatic rings. The molecule has 1 aromatic rings. The van der Waals surface area contributed by atoms with E-state index in [1.165, 1.54) is 0 Å². The Labute approximate surface area is 105 Å². The first kappa shape index (κ1) is 13.3. The lowest BCUT2D eigenvalue weighted by molar-refractivity contribution is 0.276. The number of hydrogen-bond donors (Lipinski definition) is 1. The van der Waals surface area contributed by atoms with Gasteiger partial charge in [-0.2, -0.15) is 0 Å². The van der Waals surface area contributed by atoms with Crippen LogP contribution in [0.15, 0.2) is 24.3 Å². The molecule has 0 aromatic heterocycles. The van der Waals surface area contributed by atoms with Crippen LogP contribution in [0.2, 0.25) is 0 Å². The zero-order valence-electron chi connectivity index (χ0n) is 9.54. The number of alkyl halides is 1. The number of hydrogen-bond acceptors (Lipinski definition) is 3. The third kappa shape index (κ3) is 4.86. The predicted molar refractivity (Wildman–Crippen MR) is 69.8 cm³/mol. The Bertz CT molecular complexity index is 294. The Kier molecular flexibility index (Phi) is 7.01. The van der Waals surface area contributed by atoms with Crippen molar-refractivity contribution in [2.75, 3.05) is 31.6 Å². The number of benzene rings is 1. The fourth-order valence-electron chi connectivity index (χ4n) is 1.27. The smallest absolute Gasteiger partial charge is 0.161 e. The molecule has 0 atom stereocenters. The molecule has 90 valence electrons. The monoisotopic (exact) mass is 287 g/mol. The van der Waals surface area contributed by atoms with Crippen molar-refractivity contribution in [2.24, 2.45) is 0 Å². The number of halogens is 1. The lowest BCUT2D eigenvalue weighted by Gasteiger charge is -2.11. The molecule has 0 aliphatic carbocycles. The van der Waals surface area contributed by atoms with Gasteiger partial charge < -0.3 is 14.8 Å². The van der Waals surface area contributed by atoms with Gasteiger partial charge in [-0.15, -0.1) is 0 Å². The van der Waals surface area contributed by atoms with E-state index in [0.29, 0.717) is 13.2 Å². The molecule has 0 spiro atoms. The Morgan fingerprint density at radius 1 is 1.12 bits per heavy atom. The van der Waals surface area contributed by atoms with Crippen molar-refractivity contribution in [1.29, 1.82) is 0 Å². The molecule has 0 radical (unpaired) electrons. The molecular formula is C12H18BrNO2. The maximum absolute atomic E-state index is 5.63. The summed E-state index contributed by atoms with van der Waals surface area (Å²) < 4.78 is 11.1. The Morgan fingerprint density at radius 2 is 1.81 bits per heavy atom. The molecule has 0 saturated heterocycles. The lowest BCUT2D eigenvalue weighted by Crippen LogP contribution is -2.22. The van der Waals surface area contributed by atoms with Crippen LogP contribution in [0.25, 0.3) is 0 Å². The van der Waals surface area contributed by atoms with E-state index < -0.39 is 0 Å². The highest BCUT2D eigenvalue weighted by Crippen LogP contribution is 2.25. The molecular weight excluding hydrogens is 270 g/mol. The van der Waals surface area contributed by atoms with Gasteiger partial charge in [0.25, 0.3) is 0 Å². The molecule has 1 aromatic carbocycles. The molecule has 3 nitrogen and oxygen atoms in total. The van der Waals surface area contributed by atoms with Crippen LogP contribution < -0.4 is 14.8 Å². The van der Waals surface area contributed by atoms with Crippen LogP contribution in [-0.2, 0) is 0 Å². The van der Waals surface area contributed by atoms with Crippen LogP contribution in [0.5, 0.6) is 11.5 Å². The van der Waals surface area contributed by atoms with Crippen molar-refractivity contribution >= 4 is 15.9 Å². The summed E-state index contributed by atoms with van der Waals surface area (Å²) in [5, 5.41) is 4.20. The maximum Gasteiger partial charge on any atom is 0.161 e. The van der Waals surface area contributed by atoms with E-state index in [-0.39, 0.29) is 0 Å². The highest BCUT2D eigenvalue weighted by Gasteiger charge is 2.02. The highest BCUT2D eigenvalue weighted by molar-refractivity contribution is 9.09. The number of nitrogens with one attached hydrogen (secondary N) is 1. The second-order valence-electron chi connectivity index (χ2n) is 3.17. The largest absolute Gasteiger partial charge is 0.490 e. The number of para-hydroxylation sites is 2. The van der Waals surface area contributed by atoms with Crippen molar-refractivity contribution in [1.82, 2.24) is 5.32 Å². The fraction of sp³-hybridized carbons (Fsp3) is 0.500. The van der Waals surface area contributed by atoms with Crippen LogP contribution in [0.3, 0.4) is 0 Å². The molecule has 4 heteroatoms. The van der Waals surface area contributed by atoms with Gasteiger partial charge in [-0.3, -0.25) is 0 Å². The normalized spacial score (nSPS) is 10.1. The van der Waals surface area contributed by atoms with E-state index >= 15 is 0 Å². The van der Waals surface area contributed by atoms with Gasteiger partial charge in [0.15, 0.2) is 11.5 Å². The van der Waals surface area contributed by atoms with Crippen molar-refractivity contribution in [3.05, 3.63) is 24.3 Å². The summed E-state index contributed by atoms with van der Waals surface area (Å²) in [4.78, 5) is 0. The molecule has 1 N–H and O–H groups in total. The Morgan fingerprint density at radius 3 is 2.44 bits per heavy atom. The predicted octanol–water partition coefficient (Wildman–Crippen LogP) is 2.45. The SMILES string of the molecule is CCOc1ccccc1OCCNCCBr. The molecule has 0 fully saturated rings. The topological polar surface area (TPSA) is 30.5 Å². The Balaban J connectivity index is 2.34. The average Bonchev–Trinajstić information content (AvgIpc) is 2.31. The minimum atomic E-state index is 0.650. The number of ether oxygens (including phenoxy) is 2. The lowest BCUT2D eigenvalue weighted by atomic mass is 10.3. The molecule has 0 unspecified atom stereocenters. The average molecular weight is 288 g/mol. The molecule has 0 amide bonds. The second-order valence-corrected chi connectivity index (χ2v) is 3.96. The van der Waals surface area contributed by atoms with Crippen molar-refractivity contribution in [2.45, 2.75) is 6.92 Å². The van der Waals surface area contributed by atoms with E-state index in [2.05, 4.69) is 21.2 Å². The van der Waals surface area contributed by atoms with Crippen LogP contribution in [-0.4, -0.2) is 31.6 Å². The van der Waals surface area contributed by atoms with E-state index in [9.17, 15) is 0 Å². The first-order valence-corrected chi connectivity index (χ1v) is 6.62. The third-order valence-electron chi connectivity index (χ3n) is 1.96. The number of rotatable bonds is 8.